The monoisotopic (exact) mass is 292 g/mol. The number of carbonyl (C=O) groups is 1. The zero-order valence-corrected chi connectivity index (χ0v) is 13.3. The molecular formula is C17H28N2O2. The molecule has 2 rings (SSSR count). The number of piperidine rings is 1. The molecule has 2 saturated heterocycles. The van der Waals surface area contributed by atoms with Crippen LogP contribution in [0.3, 0.4) is 0 Å². The summed E-state index contributed by atoms with van der Waals surface area (Å²) < 4.78 is 5.44. The molecule has 4 nitrogen and oxygen atoms in total. The van der Waals surface area contributed by atoms with Crippen LogP contribution in [0.4, 0.5) is 0 Å². The lowest BCUT2D eigenvalue weighted by atomic mass is 10.0. The van der Waals surface area contributed by atoms with Crippen molar-refractivity contribution < 1.29 is 9.53 Å². The first-order chi connectivity index (χ1) is 10.2. The summed E-state index contributed by atoms with van der Waals surface area (Å²) in [5.74, 6) is 0.820. The van der Waals surface area contributed by atoms with Gasteiger partial charge >= 0.3 is 0 Å². The molecule has 0 N–H and O–H groups in total. The van der Waals surface area contributed by atoms with E-state index in [1.807, 2.05) is 37.1 Å². The summed E-state index contributed by atoms with van der Waals surface area (Å²) in [6.07, 6.45) is 10.6. The number of rotatable bonds is 5. The molecule has 0 bridgehead atoms. The molecule has 0 unspecified atom stereocenters. The van der Waals surface area contributed by atoms with Crippen molar-refractivity contribution in [2.24, 2.45) is 5.92 Å². The molecule has 0 saturated carbocycles. The van der Waals surface area contributed by atoms with Gasteiger partial charge in [-0.15, -0.1) is 0 Å². The van der Waals surface area contributed by atoms with Gasteiger partial charge in [0.15, 0.2) is 0 Å². The molecule has 0 aromatic carbocycles. The number of hydrogen-bond acceptors (Lipinski definition) is 3. The van der Waals surface area contributed by atoms with Crippen LogP contribution in [0.25, 0.3) is 0 Å². The van der Waals surface area contributed by atoms with E-state index in [2.05, 4.69) is 4.90 Å². The van der Waals surface area contributed by atoms with Gasteiger partial charge in [0.1, 0.15) is 0 Å². The Morgan fingerprint density at radius 2 is 2.05 bits per heavy atom. The molecule has 1 amide bonds. The molecule has 0 spiro atoms. The standard InChI is InChI=1S/C17H28N2O2/c1-3-4-5-6-17(20)18(2)16-7-10-19(11-8-16)13-15-9-12-21-14-15/h3-6,15-16H,7-14H2,1-2H3/b4-3+,6-5+/t15-/m0/s1. The number of carbonyl (C=O) groups excluding carboxylic acids is 1. The lowest BCUT2D eigenvalue weighted by molar-refractivity contribution is -0.127. The Morgan fingerprint density at radius 3 is 2.67 bits per heavy atom. The summed E-state index contributed by atoms with van der Waals surface area (Å²) in [6, 6.07) is 0.379. The van der Waals surface area contributed by atoms with E-state index in [1.54, 1.807) is 6.08 Å². The van der Waals surface area contributed by atoms with Crippen molar-refractivity contribution in [3.63, 3.8) is 0 Å². The lowest BCUT2D eigenvalue weighted by Crippen LogP contribution is -2.46. The van der Waals surface area contributed by atoms with Crippen molar-refractivity contribution in [2.45, 2.75) is 32.2 Å². The minimum Gasteiger partial charge on any atom is -0.381 e. The van der Waals surface area contributed by atoms with E-state index in [1.165, 1.54) is 6.42 Å². The van der Waals surface area contributed by atoms with E-state index in [9.17, 15) is 4.79 Å². The van der Waals surface area contributed by atoms with Crippen LogP contribution in [0.15, 0.2) is 24.3 Å². The highest BCUT2D eigenvalue weighted by molar-refractivity contribution is 5.87. The van der Waals surface area contributed by atoms with Crippen LogP contribution < -0.4 is 0 Å². The maximum atomic E-state index is 12.1. The second kappa shape index (κ2) is 8.35. The SMILES string of the molecule is C/C=C/C=C/C(=O)N(C)C1CCN(C[C@@H]2CCOC2)CC1. The third kappa shape index (κ3) is 4.97. The highest BCUT2D eigenvalue weighted by Crippen LogP contribution is 2.20. The van der Waals surface area contributed by atoms with Crippen molar-refractivity contribution in [1.82, 2.24) is 9.80 Å². The van der Waals surface area contributed by atoms with E-state index in [4.69, 9.17) is 4.74 Å². The predicted octanol–water partition coefficient (Wildman–Crippen LogP) is 2.08. The Morgan fingerprint density at radius 1 is 1.29 bits per heavy atom. The van der Waals surface area contributed by atoms with Gasteiger partial charge in [0.25, 0.3) is 0 Å². The van der Waals surface area contributed by atoms with E-state index in [0.29, 0.717) is 12.0 Å². The largest absolute Gasteiger partial charge is 0.381 e. The van der Waals surface area contributed by atoms with Crippen LogP contribution in [-0.4, -0.2) is 61.6 Å². The van der Waals surface area contributed by atoms with Crippen molar-refractivity contribution in [3.8, 4) is 0 Å². The maximum absolute atomic E-state index is 12.1. The highest BCUT2D eigenvalue weighted by Gasteiger charge is 2.26. The van der Waals surface area contributed by atoms with E-state index < -0.39 is 0 Å². The molecule has 2 aliphatic heterocycles. The first kappa shape index (κ1) is 16.2. The normalized spacial score (nSPS) is 25.1. The first-order valence-electron chi connectivity index (χ1n) is 8.07. The average molecular weight is 292 g/mol. The van der Waals surface area contributed by atoms with E-state index in [-0.39, 0.29) is 5.91 Å². The van der Waals surface area contributed by atoms with Gasteiger partial charge in [-0.25, -0.2) is 0 Å². The number of amides is 1. The van der Waals surface area contributed by atoms with Crippen LogP contribution >= 0.6 is 0 Å². The number of hydrogen-bond donors (Lipinski definition) is 0. The van der Waals surface area contributed by atoms with Crippen LogP contribution in [-0.2, 0) is 9.53 Å². The van der Waals surface area contributed by atoms with Gasteiger partial charge in [-0.05, 0) is 32.1 Å². The molecule has 0 aromatic rings. The highest BCUT2D eigenvalue weighted by atomic mass is 16.5. The van der Waals surface area contributed by atoms with Gasteiger partial charge in [-0.3, -0.25) is 4.79 Å². The van der Waals surface area contributed by atoms with Gasteiger partial charge in [-0.2, -0.15) is 0 Å². The van der Waals surface area contributed by atoms with Crippen molar-refractivity contribution in [1.29, 1.82) is 0 Å². The second-order valence-corrected chi connectivity index (χ2v) is 6.10. The molecule has 0 aliphatic carbocycles. The third-order valence-corrected chi connectivity index (χ3v) is 4.54. The van der Waals surface area contributed by atoms with Crippen LogP contribution in [0.2, 0.25) is 0 Å². The molecule has 21 heavy (non-hydrogen) atoms. The lowest BCUT2D eigenvalue weighted by Gasteiger charge is -2.37. The van der Waals surface area contributed by atoms with Gasteiger partial charge in [-0.1, -0.05) is 18.2 Å². The number of allylic oxidation sites excluding steroid dienone is 3. The van der Waals surface area contributed by atoms with Gasteiger partial charge in [0.05, 0.1) is 6.61 Å². The number of likely N-dealkylation sites (N-methyl/N-ethyl adjacent to an activating group) is 1. The molecular weight excluding hydrogens is 264 g/mol. The zero-order chi connectivity index (χ0) is 15.1. The minimum atomic E-state index is 0.107. The van der Waals surface area contributed by atoms with Gasteiger partial charge in [0, 0.05) is 45.4 Å². The predicted molar refractivity (Wildman–Crippen MR) is 85.1 cm³/mol. The quantitative estimate of drug-likeness (QED) is 0.574. The Balaban J connectivity index is 1.73. The second-order valence-electron chi connectivity index (χ2n) is 6.10. The molecule has 2 heterocycles. The molecule has 2 aliphatic rings. The van der Waals surface area contributed by atoms with E-state index in [0.717, 1.165) is 45.7 Å². The Bertz CT molecular complexity index is 378. The average Bonchev–Trinajstić information content (AvgIpc) is 3.00. The van der Waals surface area contributed by atoms with Crippen LogP contribution in [0, 0.1) is 5.92 Å². The Hall–Kier alpha value is -1.13. The molecule has 0 aromatic heterocycles. The number of likely N-dealkylation sites (tertiary alicyclic amines) is 1. The summed E-state index contributed by atoms with van der Waals surface area (Å²) in [4.78, 5) is 16.5. The number of nitrogens with zero attached hydrogens (tertiary/aromatic N) is 2. The summed E-state index contributed by atoms with van der Waals surface area (Å²) >= 11 is 0. The smallest absolute Gasteiger partial charge is 0.246 e. The fourth-order valence-electron chi connectivity index (χ4n) is 3.13. The summed E-state index contributed by atoms with van der Waals surface area (Å²) in [5, 5.41) is 0. The Labute approximate surface area is 128 Å². The van der Waals surface area contributed by atoms with Crippen LogP contribution in [0.5, 0.6) is 0 Å². The zero-order valence-electron chi connectivity index (χ0n) is 13.3. The van der Waals surface area contributed by atoms with Gasteiger partial charge in [0.2, 0.25) is 5.91 Å². The Kier molecular flexibility index (Phi) is 6.46. The molecule has 1 atom stereocenters. The summed E-state index contributed by atoms with van der Waals surface area (Å²) in [6.45, 7) is 7.15. The van der Waals surface area contributed by atoms with Crippen molar-refractivity contribution in [3.05, 3.63) is 24.3 Å². The van der Waals surface area contributed by atoms with Crippen molar-refractivity contribution in [2.75, 3.05) is 39.9 Å². The molecule has 0 radical (unpaired) electrons. The fourth-order valence-corrected chi connectivity index (χ4v) is 3.13. The molecule has 4 heteroatoms. The fraction of sp³-hybridized carbons (Fsp3) is 0.706. The van der Waals surface area contributed by atoms with Crippen LogP contribution in [0.1, 0.15) is 26.2 Å². The van der Waals surface area contributed by atoms with E-state index >= 15 is 0 Å². The molecule has 2 fully saturated rings. The number of ether oxygens (including phenoxy) is 1. The minimum absolute atomic E-state index is 0.107. The van der Waals surface area contributed by atoms with Crippen molar-refractivity contribution >= 4 is 5.91 Å². The maximum Gasteiger partial charge on any atom is 0.246 e. The summed E-state index contributed by atoms with van der Waals surface area (Å²) in [5.41, 5.74) is 0. The summed E-state index contributed by atoms with van der Waals surface area (Å²) in [7, 11) is 1.92. The van der Waals surface area contributed by atoms with Gasteiger partial charge < -0.3 is 14.5 Å². The molecule has 118 valence electrons. The first-order valence-corrected chi connectivity index (χ1v) is 8.07. The third-order valence-electron chi connectivity index (χ3n) is 4.54. The topological polar surface area (TPSA) is 32.8 Å².